The zero-order valence-electron chi connectivity index (χ0n) is 12.2. The molecule has 4 heteroatoms. The third kappa shape index (κ3) is 4.94. The van der Waals surface area contributed by atoms with Crippen LogP contribution in [0.2, 0.25) is 0 Å². The van der Waals surface area contributed by atoms with Gasteiger partial charge < -0.3 is 15.4 Å². The van der Waals surface area contributed by atoms with Crippen LogP contribution in [0.25, 0.3) is 0 Å². The van der Waals surface area contributed by atoms with Crippen molar-refractivity contribution in [3.63, 3.8) is 0 Å². The van der Waals surface area contributed by atoms with Gasteiger partial charge >= 0.3 is 5.97 Å². The summed E-state index contributed by atoms with van der Waals surface area (Å²) in [6.07, 6.45) is 4.12. The molecule has 0 saturated heterocycles. The number of carbonyl (C=O) groups excluding carboxylic acids is 1. The molecule has 1 saturated carbocycles. The number of esters is 1. The van der Waals surface area contributed by atoms with Crippen LogP contribution in [0.5, 0.6) is 0 Å². The lowest BCUT2D eigenvalue weighted by Gasteiger charge is -2.22. The van der Waals surface area contributed by atoms with Gasteiger partial charge in [0.2, 0.25) is 0 Å². The molecule has 4 nitrogen and oxygen atoms in total. The summed E-state index contributed by atoms with van der Waals surface area (Å²) >= 11 is 0. The van der Waals surface area contributed by atoms with Crippen LogP contribution in [0, 0.1) is 11.8 Å². The van der Waals surface area contributed by atoms with Gasteiger partial charge in [-0.1, -0.05) is 6.92 Å². The highest BCUT2D eigenvalue weighted by atomic mass is 16.5. The molecular formula is C14H28N2O2. The van der Waals surface area contributed by atoms with Crippen LogP contribution in [0.15, 0.2) is 0 Å². The highest BCUT2D eigenvalue weighted by molar-refractivity contribution is 5.79. The highest BCUT2D eigenvalue weighted by Gasteiger charge is 2.33. The van der Waals surface area contributed by atoms with E-state index in [1.807, 2.05) is 0 Å². The van der Waals surface area contributed by atoms with Crippen molar-refractivity contribution in [2.24, 2.45) is 17.6 Å². The maximum Gasteiger partial charge on any atom is 0.325 e. The molecule has 0 aromatic carbocycles. The fourth-order valence-electron chi connectivity index (χ4n) is 2.35. The molecule has 0 aliphatic heterocycles. The topological polar surface area (TPSA) is 55.6 Å². The van der Waals surface area contributed by atoms with E-state index in [1.54, 1.807) is 6.92 Å². The molecule has 0 aromatic heterocycles. The number of hydrogen-bond donors (Lipinski definition) is 1. The molecule has 0 spiro atoms. The van der Waals surface area contributed by atoms with Crippen LogP contribution in [0.1, 0.15) is 39.5 Å². The lowest BCUT2D eigenvalue weighted by atomic mass is 9.96. The Morgan fingerprint density at radius 1 is 1.50 bits per heavy atom. The van der Waals surface area contributed by atoms with E-state index in [9.17, 15) is 4.79 Å². The first-order valence-corrected chi connectivity index (χ1v) is 6.92. The zero-order valence-corrected chi connectivity index (χ0v) is 12.2. The second-order valence-corrected chi connectivity index (χ2v) is 6.10. The molecule has 0 heterocycles. The Hall–Kier alpha value is -0.610. The normalized spacial score (nSPS) is 25.9. The third-order valence-corrected chi connectivity index (χ3v) is 3.96. The number of methoxy groups -OCH3 is 1. The first-order valence-electron chi connectivity index (χ1n) is 6.92. The minimum atomic E-state index is -0.835. The van der Waals surface area contributed by atoms with Gasteiger partial charge in [0, 0.05) is 6.54 Å². The van der Waals surface area contributed by atoms with Crippen molar-refractivity contribution in [3.05, 3.63) is 0 Å². The smallest absolute Gasteiger partial charge is 0.325 e. The summed E-state index contributed by atoms with van der Waals surface area (Å²) in [7, 11) is 3.56. The predicted molar refractivity (Wildman–Crippen MR) is 73.2 cm³/mol. The predicted octanol–water partition coefficient (Wildman–Crippen LogP) is 1.63. The number of unbranched alkanes of at least 4 members (excludes halogenated alkanes) is 1. The maximum atomic E-state index is 11.4. The average Bonchev–Trinajstić information content (AvgIpc) is 2.99. The Morgan fingerprint density at radius 3 is 2.61 bits per heavy atom. The summed E-state index contributed by atoms with van der Waals surface area (Å²) in [4.78, 5) is 13.8. The van der Waals surface area contributed by atoms with Crippen molar-refractivity contribution in [1.29, 1.82) is 0 Å². The van der Waals surface area contributed by atoms with Gasteiger partial charge in [-0.05, 0) is 58.0 Å². The molecule has 1 aliphatic rings. The Kier molecular flexibility index (Phi) is 5.60. The van der Waals surface area contributed by atoms with Gasteiger partial charge in [-0.15, -0.1) is 0 Å². The van der Waals surface area contributed by atoms with Crippen molar-refractivity contribution in [3.8, 4) is 0 Å². The number of carbonyl (C=O) groups is 1. The third-order valence-electron chi connectivity index (χ3n) is 3.96. The van der Waals surface area contributed by atoms with E-state index >= 15 is 0 Å². The minimum absolute atomic E-state index is 0.317. The fourth-order valence-corrected chi connectivity index (χ4v) is 2.35. The van der Waals surface area contributed by atoms with Crippen molar-refractivity contribution < 1.29 is 9.53 Å². The molecule has 0 bridgehead atoms. The largest absolute Gasteiger partial charge is 0.468 e. The van der Waals surface area contributed by atoms with E-state index in [0.29, 0.717) is 6.42 Å². The van der Waals surface area contributed by atoms with Gasteiger partial charge in [-0.25, -0.2) is 0 Å². The molecule has 0 amide bonds. The number of rotatable bonds is 8. The van der Waals surface area contributed by atoms with E-state index < -0.39 is 5.54 Å². The standard InChI is InChI=1S/C14H28N2O2/c1-11-9-12(11)10-16(3)8-6-5-7-14(2,15)13(17)18-4/h11-12H,5-10,15H2,1-4H3. The summed E-state index contributed by atoms with van der Waals surface area (Å²) in [6.45, 7) is 6.35. The molecule has 0 aromatic rings. The molecule has 1 aliphatic carbocycles. The van der Waals surface area contributed by atoms with Crippen LogP contribution in [-0.2, 0) is 9.53 Å². The molecule has 18 heavy (non-hydrogen) atoms. The van der Waals surface area contributed by atoms with E-state index in [4.69, 9.17) is 10.5 Å². The monoisotopic (exact) mass is 256 g/mol. The summed E-state index contributed by atoms with van der Waals surface area (Å²) in [5.74, 6) is 1.51. The summed E-state index contributed by atoms with van der Waals surface area (Å²) in [6, 6.07) is 0. The van der Waals surface area contributed by atoms with Gasteiger partial charge in [-0.3, -0.25) is 4.79 Å². The maximum absolute atomic E-state index is 11.4. The molecule has 3 unspecified atom stereocenters. The summed E-state index contributed by atoms with van der Waals surface area (Å²) in [5.41, 5.74) is 5.07. The van der Waals surface area contributed by atoms with Crippen LogP contribution in [0.3, 0.4) is 0 Å². The Labute approximate surface area is 111 Å². The Balaban J connectivity index is 2.08. The number of hydrogen-bond acceptors (Lipinski definition) is 4. The Morgan fingerprint density at radius 2 is 2.11 bits per heavy atom. The number of nitrogens with two attached hydrogens (primary N) is 1. The van der Waals surface area contributed by atoms with Crippen LogP contribution < -0.4 is 5.73 Å². The molecule has 106 valence electrons. The first-order chi connectivity index (χ1) is 8.36. The minimum Gasteiger partial charge on any atom is -0.468 e. The van der Waals surface area contributed by atoms with E-state index in [0.717, 1.165) is 31.2 Å². The van der Waals surface area contributed by atoms with Crippen molar-refractivity contribution in [1.82, 2.24) is 4.90 Å². The number of nitrogens with zero attached hydrogens (tertiary/aromatic N) is 1. The summed E-state index contributed by atoms with van der Waals surface area (Å²) in [5, 5.41) is 0. The van der Waals surface area contributed by atoms with E-state index in [2.05, 4.69) is 18.9 Å². The zero-order chi connectivity index (χ0) is 13.8. The second kappa shape index (κ2) is 6.53. The second-order valence-electron chi connectivity index (χ2n) is 6.10. The van der Waals surface area contributed by atoms with Crippen LogP contribution in [0.4, 0.5) is 0 Å². The lowest BCUT2D eigenvalue weighted by molar-refractivity contribution is -0.146. The molecule has 0 radical (unpaired) electrons. The fraction of sp³-hybridized carbons (Fsp3) is 0.929. The molecule has 1 rings (SSSR count). The Bertz CT molecular complexity index is 279. The molecule has 1 fully saturated rings. The molecular weight excluding hydrogens is 228 g/mol. The van der Waals surface area contributed by atoms with Gasteiger partial charge in [0.15, 0.2) is 0 Å². The lowest BCUT2D eigenvalue weighted by Crippen LogP contribution is -2.45. The van der Waals surface area contributed by atoms with Gasteiger partial charge in [0.1, 0.15) is 5.54 Å². The molecule has 3 atom stereocenters. The van der Waals surface area contributed by atoms with Gasteiger partial charge in [-0.2, -0.15) is 0 Å². The summed E-state index contributed by atoms with van der Waals surface area (Å²) < 4.78 is 4.69. The van der Waals surface area contributed by atoms with Crippen LogP contribution >= 0.6 is 0 Å². The molecule has 2 N–H and O–H groups in total. The van der Waals surface area contributed by atoms with Gasteiger partial charge in [0.05, 0.1) is 7.11 Å². The first kappa shape index (κ1) is 15.4. The quantitative estimate of drug-likeness (QED) is 0.530. The van der Waals surface area contributed by atoms with Crippen LogP contribution in [-0.4, -0.2) is 43.7 Å². The number of ether oxygens (including phenoxy) is 1. The van der Waals surface area contributed by atoms with Crippen molar-refractivity contribution in [2.75, 3.05) is 27.2 Å². The van der Waals surface area contributed by atoms with Crippen molar-refractivity contribution >= 4 is 5.97 Å². The SMILES string of the molecule is COC(=O)C(C)(N)CCCCN(C)CC1CC1C. The average molecular weight is 256 g/mol. The van der Waals surface area contributed by atoms with E-state index in [-0.39, 0.29) is 5.97 Å². The highest BCUT2D eigenvalue weighted by Crippen LogP contribution is 2.37. The van der Waals surface area contributed by atoms with E-state index in [1.165, 1.54) is 20.1 Å². The van der Waals surface area contributed by atoms with Gasteiger partial charge in [0.25, 0.3) is 0 Å². The van der Waals surface area contributed by atoms with Crippen molar-refractivity contribution in [2.45, 2.75) is 45.1 Å².